The van der Waals surface area contributed by atoms with Gasteiger partial charge in [0.1, 0.15) is 18.1 Å². The second-order valence-corrected chi connectivity index (χ2v) is 7.91. The van der Waals surface area contributed by atoms with Crippen LogP contribution in [-0.4, -0.2) is 64.0 Å². The van der Waals surface area contributed by atoms with Gasteiger partial charge < -0.3 is 31.9 Å². The van der Waals surface area contributed by atoms with Crippen LogP contribution in [0.2, 0.25) is 0 Å². The zero-order chi connectivity index (χ0) is 25.1. The molecule has 1 aromatic rings. The Labute approximate surface area is 192 Å². The van der Waals surface area contributed by atoms with Crippen LogP contribution in [0.5, 0.6) is 0 Å². The maximum absolute atomic E-state index is 13.0. The Hall–Kier alpha value is -3.47. The molecule has 0 heterocycles. The Morgan fingerprint density at radius 1 is 0.879 bits per heavy atom. The third-order valence-corrected chi connectivity index (χ3v) is 5.12. The minimum atomic E-state index is -1.55. The third-order valence-electron chi connectivity index (χ3n) is 5.12. The number of rotatable bonds is 13. The lowest BCUT2D eigenvalue weighted by Gasteiger charge is -2.26. The van der Waals surface area contributed by atoms with Gasteiger partial charge in [0.25, 0.3) is 0 Å². The number of carboxylic acid groups (broad SMARTS) is 2. The normalized spacial score (nSPS) is 15.3. The maximum atomic E-state index is 13.0. The van der Waals surface area contributed by atoms with Gasteiger partial charge >= 0.3 is 11.9 Å². The SMILES string of the molecule is CCC(C)C(NC(=O)C(CC(=O)O)NC(=O)C(Cc1ccccc1)NC(=O)C(C)N)C(=O)O. The fraction of sp³-hybridized carbons (Fsp3) is 0.500. The molecule has 0 aliphatic heterocycles. The topological polar surface area (TPSA) is 188 Å². The summed E-state index contributed by atoms with van der Waals surface area (Å²) in [5.41, 5.74) is 6.29. The minimum Gasteiger partial charge on any atom is -0.481 e. The van der Waals surface area contributed by atoms with Crippen molar-refractivity contribution < 1.29 is 34.2 Å². The standard InChI is InChI=1S/C22H32N4O7/c1-4-12(2)18(22(32)33)26-21(31)16(11-17(27)28)25-20(30)15(24-19(29)13(3)23)10-14-8-6-5-7-9-14/h5-9,12-13,15-16,18H,4,10-11,23H2,1-3H3,(H,24,29)(H,25,30)(H,26,31)(H,27,28)(H,32,33). The second-order valence-electron chi connectivity index (χ2n) is 7.91. The molecule has 0 aliphatic rings. The fourth-order valence-electron chi connectivity index (χ4n) is 2.96. The molecule has 0 fully saturated rings. The smallest absolute Gasteiger partial charge is 0.326 e. The average molecular weight is 465 g/mol. The highest BCUT2D eigenvalue weighted by Crippen LogP contribution is 2.09. The summed E-state index contributed by atoms with van der Waals surface area (Å²) in [6, 6.07) is 3.91. The van der Waals surface area contributed by atoms with E-state index in [0.717, 1.165) is 0 Å². The van der Waals surface area contributed by atoms with Gasteiger partial charge in [-0.3, -0.25) is 19.2 Å². The van der Waals surface area contributed by atoms with Crippen LogP contribution in [0.15, 0.2) is 30.3 Å². The van der Waals surface area contributed by atoms with Crippen molar-refractivity contribution in [2.45, 2.75) is 64.2 Å². The van der Waals surface area contributed by atoms with Crippen molar-refractivity contribution in [1.29, 1.82) is 0 Å². The Balaban J connectivity index is 3.09. The number of nitrogens with two attached hydrogens (primary N) is 1. The number of hydrogen-bond acceptors (Lipinski definition) is 6. The molecule has 3 amide bonds. The molecule has 11 nitrogen and oxygen atoms in total. The van der Waals surface area contributed by atoms with Crippen molar-refractivity contribution in [3.05, 3.63) is 35.9 Å². The average Bonchev–Trinajstić information content (AvgIpc) is 2.75. The zero-order valence-electron chi connectivity index (χ0n) is 18.9. The lowest BCUT2D eigenvalue weighted by atomic mass is 9.98. The van der Waals surface area contributed by atoms with E-state index in [1.54, 1.807) is 44.2 Å². The van der Waals surface area contributed by atoms with Gasteiger partial charge in [0, 0.05) is 6.42 Å². The monoisotopic (exact) mass is 464 g/mol. The highest BCUT2D eigenvalue weighted by molar-refractivity contribution is 5.95. The summed E-state index contributed by atoms with van der Waals surface area (Å²) in [6.07, 6.45) is -0.253. The van der Waals surface area contributed by atoms with E-state index in [1.165, 1.54) is 6.92 Å². The quantitative estimate of drug-likeness (QED) is 0.228. The largest absolute Gasteiger partial charge is 0.481 e. The summed E-state index contributed by atoms with van der Waals surface area (Å²) in [5.74, 6) is -5.42. The summed E-state index contributed by atoms with van der Waals surface area (Å²) >= 11 is 0. The zero-order valence-corrected chi connectivity index (χ0v) is 18.9. The number of hydrogen-bond donors (Lipinski definition) is 6. The van der Waals surface area contributed by atoms with Crippen LogP contribution in [0.25, 0.3) is 0 Å². The van der Waals surface area contributed by atoms with Gasteiger partial charge in [0.15, 0.2) is 0 Å². The summed E-state index contributed by atoms with van der Waals surface area (Å²) in [4.78, 5) is 60.6. The van der Waals surface area contributed by atoms with E-state index >= 15 is 0 Å². The van der Waals surface area contributed by atoms with Gasteiger partial charge in [-0.2, -0.15) is 0 Å². The molecule has 0 spiro atoms. The van der Waals surface area contributed by atoms with Gasteiger partial charge in [0.05, 0.1) is 12.5 Å². The third kappa shape index (κ3) is 9.27. The number of carbonyl (C=O) groups is 5. The molecular weight excluding hydrogens is 432 g/mol. The summed E-state index contributed by atoms with van der Waals surface area (Å²) in [7, 11) is 0. The second kappa shape index (κ2) is 13.2. The molecule has 5 atom stereocenters. The molecule has 1 aromatic carbocycles. The van der Waals surface area contributed by atoms with E-state index in [4.69, 9.17) is 5.73 Å². The van der Waals surface area contributed by atoms with Crippen molar-refractivity contribution in [1.82, 2.24) is 16.0 Å². The molecule has 7 N–H and O–H groups in total. The first-order chi connectivity index (χ1) is 15.5. The van der Waals surface area contributed by atoms with E-state index in [9.17, 15) is 34.2 Å². The van der Waals surface area contributed by atoms with Gasteiger partial charge in [-0.05, 0) is 18.4 Å². The first kappa shape index (κ1) is 27.6. The molecule has 182 valence electrons. The number of amides is 3. The molecule has 0 saturated heterocycles. The van der Waals surface area contributed by atoms with Crippen LogP contribution in [0, 0.1) is 5.92 Å². The van der Waals surface area contributed by atoms with E-state index in [1.807, 2.05) is 0 Å². The lowest BCUT2D eigenvalue weighted by molar-refractivity contribution is -0.144. The van der Waals surface area contributed by atoms with Crippen LogP contribution in [0.3, 0.4) is 0 Å². The van der Waals surface area contributed by atoms with Crippen molar-refractivity contribution >= 4 is 29.7 Å². The van der Waals surface area contributed by atoms with Crippen LogP contribution in [0.4, 0.5) is 0 Å². The van der Waals surface area contributed by atoms with Crippen LogP contribution in [0.1, 0.15) is 39.2 Å². The number of nitrogens with one attached hydrogen (secondary N) is 3. The number of carbonyl (C=O) groups excluding carboxylic acids is 3. The van der Waals surface area contributed by atoms with Crippen LogP contribution < -0.4 is 21.7 Å². The number of aliphatic carboxylic acids is 2. The van der Waals surface area contributed by atoms with E-state index < -0.39 is 66.2 Å². The predicted octanol–water partition coefficient (Wildman–Crippen LogP) is -0.364. The minimum absolute atomic E-state index is 0.0666. The predicted molar refractivity (Wildman–Crippen MR) is 119 cm³/mol. The van der Waals surface area contributed by atoms with Gasteiger partial charge in [0.2, 0.25) is 17.7 Å². The Bertz CT molecular complexity index is 844. The molecule has 0 aromatic heterocycles. The number of carboxylic acids is 2. The van der Waals surface area contributed by atoms with E-state index in [0.29, 0.717) is 12.0 Å². The molecule has 0 bridgehead atoms. The van der Waals surface area contributed by atoms with E-state index in [-0.39, 0.29) is 6.42 Å². The van der Waals surface area contributed by atoms with Crippen molar-refractivity contribution in [2.75, 3.05) is 0 Å². The van der Waals surface area contributed by atoms with Crippen LogP contribution >= 0.6 is 0 Å². The Morgan fingerprint density at radius 2 is 1.42 bits per heavy atom. The Morgan fingerprint density at radius 3 is 1.91 bits per heavy atom. The van der Waals surface area contributed by atoms with Gasteiger partial charge in [-0.15, -0.1) is 0 Å². The van der Waals surface area contributed by atoms with Crippen molar-refractivity contribution in [2.24, 2.45) is 11.7 Å². The van der Waals surface area contributed by atoms with Crippen molar-refractivity contribution in [3.63, 3.8) is 0 Å². The molecule has 0 saturated carbocycles. The first-order valence-electron chi connectivity index (χ1n) is 10.6. The highest BCUT2D eigenvalue weighted by Gasteiger charge is 2.32. The molecular formula is C22H32N4O7. The fourth-order valence-corrected chi connectivity index (χ4v) is 2.96. The Kier molecular flexibility index (Phi) is 11.0. The van der Waals surface area contributed by atoms with E-state index in [2.05, 4.69) is 16.0 Å². The summed E-state index contributed by atoms with van der Waals surface area (Å²) in [5, 5.41) is 25.7. The summed E-state index contributed by atoms with van der Waals surface area (Å²) < 4.78 is 0. The lowest BCUT2D eigenvalue weighted by Crippen LogP contribution is -2.58. The molecule has 0 radical (unpaired) electrons. The number of benzene rings is 1. The highest BCUT2D eigenvalue weighted by atomic mass is 16.4. The van der Waals surface area contributed by atoms with Crippen LogP contribution in [-0.2, 0) is 30.4 Å². The van der Waals surface area contributed by atoms with Gasteiger partial charge in [-0.1, -0.05) is 50.6 Å². The van der Waals surface area contributed by atoms with Crippen molar-refractivity contribution in [3.8, 4) is 0 Å². The molecule has 33 heavy (non-hydrogen) atoms. The summed E-state index contributed by atoms with van der Waals surface area (Å²) in [6.45, 7) is 4.82. The molecule has 1 rings (SSSR count). The molecule has 0 aliphatic carbocycles. The first-order valence-corrected chi connectivity index (χ1v) is 10.6. The molecule has 11 heteroatoms. The van der Waals surface area contributed by atoms with Gasteiger partial charge in [-0.25, -0.2) is 4.79 Å². The maximum Gasteiger partial charge on any atom is 0.326 e. The molecule has 5 unspecified atom stereocenters.